The van der Waals surface area contributed by atoms with Gasteiger partial charge in [-0.3, -0.25) is 0 Å². The molecule has 1 aromatic carbocycles. The van der Waals surface area contributed by atoms with Crippen LogP contribution in [0.4, 0.5) is 0 Å². The van der Waals surface area contributed by atoms with E-state index in [-0.39, 0.29) is 0 Å². The first kappa shape index (κ1) is 29.8. The van der Waals surface area contributed by atoms with E-state index in [0.717, 1.165) is 22.5 Å². The first-order valence-electron chi connectivity index (χ1n) is 13.3. The number of unbranched alkanes of at least 4 members (excludes halogenated alkanes) is 12. The number of terminal acetylenes is 1. The highest BCUT2D eigenvalue weighted by Crippen LogP contribution is 2.29. The van der Waals surface area contributed by atoms with Crippen molar-refractivity contribution in [3.05, 3.63) is 34.9 Å². The molecule has 0 N–H and O–H groups in total. The molecule has 1 atom stereocenters. The minimum absolute atomic E-state index is 0.462. The van der Waals surface area contributed by atoms with E-state index in [4.69, 9.17) is 18.0 Å². The van der Waals surface area contributed by atoms with Crippen molar-refractivity contribution in [2.45, 2.75) is 114 Å². The lowest BCUT2D eigenvalue weighted by molar-refractivity contribution is -0.927. The van der Waals surface area contributed by atoms with Crippen molar-refractivity contribution in [3.8, 4) is 12.3 Å². The smallest absolute Gasteiger partial charge is 0.144 e. The molecule has 0 heterocycles. The summed E-state index contributed by atoms with van der Waals surface area (Å²) in [6.45, 7) is 7.81. The first-order chi connectivity index (χ1) is 15.6. The Hall–Kier alpha value is -0.240. The molecule has 3 heteroatoms. The van der Waals surface area contributed by atoms with Crippen molar-refractivity contribution in [3.63, 3.8) is 0 Å². The van der Waals surface area contributed by atoms with Gasteiger partial charge in [0.25, 0.3) is 0 Å². The van der Waals surface area contributed by atoms with Crippen LogP contribution in [0.2, 0.25) is 5.02 Å². The summed E-state index contributed by atoms with van der Waals surface area (Å²) in [6.07, 6.45) is 25.8. The normalized spacial score (nSPS) is 12.6. The summed E-state index contributed by atoms with van der Waals surface area (Å²) in [4.78, 5) is 0. The quantitative estimate of drug-likeness (QED) is 0.0364. The van der Waals surface area contributed by atoms with Gasteiger partial charge in [0, 0.05) is 11.4 Å². The zero-order valence-corrected chi connectivity index (χ0v) is 23.8. The van der Waals surface area contributed by atoms with Crippen LogP contribution in [-0.4, -0.2) is 28.2 Å². The SMILES string of the molecule is C#CC[N+](CCCCCCCCC)(CCCCCCCCC)C(I)Cc1ccccc1Cl. The lowest BCUT2D eigenvalue weighted by Crippen LogP contribution is -2.55. The topological polar surface area (TPSA) is 0 Å². The number of hydrogen-bond donors (Lipinski definition) is 0. The Bertz CT molecular complexity index is 606. The Morgan fingerprint density at radius 1 is 0.812 bits per heavy atom. The molecular formula is C29H48ClIN+. The average molecular weight is 573 g/mol. The van der Waals surface area contributed by atoms with Gasteiger partial charge in [-0.2, -0.15) is 0 Å². The van der Waals surface area contributed by atoms with E-state index in [1.807, 2.05) is 12.1 Å². The number of hydrogen-bond acceptors (Lipinski definition) is 0. The second-order valence-corrected chi connectivity index (χ2v) is 11.3. The van der Waals surface area contributed by atoms with Gasteiger partial charge in [0.2, 0.25) is 0 Å². The van der Waals surface area contributed by atoms with Gasteiger partial charge < -0.3 is 4.48 Å². The van der Waals surface area contributed by atoms with E-state index >= 15 is 0 Å². The maximum Gasteiger partial charge on any atom is 0.144 e. The van der Waals surface area contributed by atoms with Crippen LogP contribution in [0, 0.1) is 12.3 Å². The lowest BCUT2D eigenvalue weighted by Gasteiger charge is -2.42. The largest absolute Gasteiger partial charge is 0.303 e. The average Bonchev–Trinajstić information content (AvgIpc) is 2.79. The fourth-order valence-corrected chi connectivity index (χ4v) is 6.08. The number of rotatable bonds is 20. The minimum atomic E-state index is 0.462. The number of benzene rings is 1. The maximum atomic E-state index is 6.52. The van der Waals surface area contributed by atoms with Gasteiger partial charge in [0.05, 0.1) is 13.1 Å². The molecule has 1 aromatic rings. The van der Waals surface area contributed by atoms with E-state index in [0.29, 0.717) is 4.05 Å². The molecule has 0 radical (unpaired) electrons. The summed E-state index contributed by atoms with van der Waals surface area (Å²) in [5.41, 5.74) is 1.26. The van der Waals surface area contributed by atoms with Crippen LogP contribution >= 0.6 is 34.2 Å². The third-order valence-corrected chi connectivity index (χ3v) is 8.75. The van der Waals surface area contributed by atoms with Crippen molar-refractivity contribution < 1.29 is 4.48 Å². The van der Waals surface area contributed by atoms with Gasteiger partial charge in [-0.25, -0.2) is 0 Å². The third kappa shape index (κ3) is 12.3. The van der Waals surface area contributed by atoms with Gasteiger partial charge in [-0.05, 0) is 65.8 Å². The maximum absolute atomic E-state index is 6.52. The summed E-state index contributed by atoms with van der Waals surface area (Å²) in [7, 11) is 0. The molecule has 0 aromatic heterocycles. The Morgan fingerprint density at radius 3 is 1.75 bits per heavy atom. The lowest BCUT2D eigenvalue weighted by atomic mass is 10.1. The van der Waals surface area contributed by atoms with Crippen molar-refractivity contribution >= 4 is 34.2 Å². The van der Waals surface area contributed by atoms with Crippen molar-refractivity contribution in [1.82, 2.24) is 0 Å². The molecule has 0 amide bonds. The molecule has 0 fully saturated rings. The van der Waals surface area contributed by atoms with E-state index in [2.05, 4.69) is 54.5 Å². The molecule has 1 unspecified atom stereocenters. The number of quaternary nitrogens is 1. The minimum Gasteiger partial charge on any atom is -0.303 e. The predicted molar refractivity (Wildman–Crippen MR) is 153 cm³/mol. The van der Waals surface area contributed by atoms with Gasteiger partial charge in [0.1, 0.15) is 10.6 Å². The zero-order valence-electron chi connectivity index (χ0n) is 20.9. The zero-order chi connectivity index (χ0) is 23.5. The van der Waals surface area contributed by atoms with Gasteiger partial charge in [-0.1, -0.05) is 108 Å². The van der Waals surface area contributed by atoms with E-state index in [1.54, 1.807) is 0 Å². The summed E-state index contributed by atoms with van der Waals surface area (Å²) in [5.74, 6) is 3.06. The second-order valence-electron chi connectivity index (χ2n) is 9.50. The van der Waals surface area contributed by atoms with Crippen LogP contribution in [0.3, 0.4) is 0 Å². The molecule has 0 saturated carbocycles. The van der Waals surface area contributed by atoms with Crippen molar-refractivity contribution in [2.24, 2.45) is 0 Å². The molecular weight excluding hydrogens is 525 g/mol. The fourth-order valence-electron chi connectivity index (χ4n) is 4.64. The molecule has 1 nitrogen and oxygen atoms in total. The highest BCUT2D eigenvalue weighted by molar-refractivity contribution is 14.1. The molecule has 0 bridgehead atoms. The number of alkyl halides is 1. The Kier molecular flexibility index (Phi) is 17.8. The first-order valence-corrected chi connectivity index (χ1v) is 14.9. The van der Waals surface area contributed by atoms with E-state index in [9.17, 15) is 0 Å². The van der Waals surface area contributed by atoms with E-state index in [1.165, 1.54) is 109 Å². The molecule has 32 heavy (non-hydrogen) atoms. The highest BCUT2D eigenvalue weighted by Gasteiger charge is 2.34. The van der Waals surface area contributed by atoms with Crippen LogP contribution in [0.25, 0.3) is 0 Å². The Balaban J connectivity index is 2.72. The summed E-state index contributed by atoms with van der Waals surface area (Å²) < 4.78 is 1.51. The van der Waals surface area contributed by atoms with Gasteiger partial charge >= 0.3 is 0 Å². The van der Waals surface area contributed by atoms with Crippen LogP contribution < -0.4 is 0 Å². The number of nitrogens with zero attached hydrogens (tertiary/aromatic N) is 1. The molecule has 182 valence electrons. The number of halogens is 2. The molecule has 1 rings (SSSR count). The molecule has 0 spiro atoms. The molecule has 0 aliphatic heterocycles. The predicted octanol–water partition coefficient (Wildman–Crippen LogP) is 9.59. The fraction of sp³-hybridized carbons (Fsp3) is 0.724. The van der Waals surface area contributed by atoms with Crippen LogP contribution in [0.15, 0.2) is 24.3 Å². The summed E-state index contributed by atoms with van der Waals surface area (Å²) >= 11 is 9.20. The van der Waals surface area contributed by atoms with Gasteiger partial charge in [-0.15, -0.1) is 6.42 Å². The van der Waals surface area contributed by atoms with Gasteiger partial charge in [0.15, 0.2) is 0 Å². The Morgan fingerprint density at radius 2 is 1.28 bits per heavy atom. The Labute approximate surface area is 218 Å². The van der Waals surface area contributed by atoms with Crippen LogP contribution in [0.1, 0.15) is 109 Å². The standard InChI is InChI=1S/C29H48ClIN/c1-4-7-9-11-13-15-19-24-32(23-6-3,25-20-16-14-12-10-8-5-2)29(31)26-27-21-17-18-22-28(27)30/h3,17-18,21-22,29H,4-5,7-16,19-20,23-26H2,1-2H3/q+1. The second kappa shape index (κ2) is 19.1. The highest BCUT2D eigenvalue weighted by atomic mass is 127. The summed E-state index contributed by atoms with van der Waals surface area (Å²) in [6, 6.07) is 8.32. The monoisotopic (exact) mass is 572 g/mol. The van der Waals surface area contributed by atoms with E-state index < -0.39 is 0 Å². The molecule has 0 aliphatic carbocycles. The third-order valence-electron chi connectivity index (χ3n) is 6.76. The van der Waals surface area contributed by atoms with Crippen LogP contribution in [-0.2, 0) is 6.42 Å². The molecule has 0 saturated heterocycles. The van der Waals surface area contributed by atoms with Crippen molar-refractivity contribution in [1.29, 1.82) is 0 Å². The van der Waals surface area contributed by atoms with Crippen LogP contribution in [0.5, 0.6) is 0 Å². The summed E-state index contributed by atoms with van der Waals surface area (Å²) in [5, 5.41) is 0.889. The molecule has 0 aliphatic rings. The van der Waals surface area contributed by atoms with Crippen molar-refractivity contribution in [2.75, 3.05) is 19.6 Å².